The summed E-state index contributed by atoms with van der Waals surface area (Å²) in [5, 5.41) is 9.31. The van der Waals surface area contributed by atoms with Gasteiger partial charge in [0, 0.05) is 32.7 Å². The number of aliphatic imine (C=N–C) groups is 1. The van der Waals surface area contributed by atoms with Crippen LogP contribution in [0.2, 0.25) is 0 Å². The molecule has 8 heteroatoms. The minimum absolute atomic E-state index is 0. The number of amides is 1. The van der Waals surface area contributed by atoms with Crippen LogP contribution >= 0.6 is 24.0 Å². The van der Waals surface area contributed by atoms with E-state index in [0.717, 1.165) is 25.3 Å². The molecule has 0 rings (SSSR count). The zero-order valence-corrected chi connectivity index (χ0v) is 20.1. The Labute approximate surface area is 177 Å². The van der Waals surface area contributed by atoms with Crippen LogP contribution in [0.3, 0.4) is 0 Å². The van der Waals surface area contributed by atoms with Crippen molar-refractivity contribution in [3.63, 3.8) is 0 Å². The van der Waals surface area contributed by atoms with Crippen LogP contribution in [0, 0.1) is 5.92 Å². The van der Waals surface area contributed by atoms with Gasteiger partial charge in [0.15, 0.2) is 5.96 Å². The Morgan fingerprint density at radius 3 is 2.04 bits per heavy atom. The van der Waals surface area contributed by atoms with Gasteiger partial charge in [-0.2, -0.15) is 0 Å². The molecule has 1 atom stereocenters. The van der Waals surface area contributed by atoms with Crippen molar-refractivity contribution in [1.29, 1.82) is 0 Å². The van der Waals surface area contributed by atoms with Crippen LogP contribution in [0.1, 0.15) is 47.5 Å². The van der Waals surface area contributed by atoms with E-state index in [-0.39, 0.29) is 24.0 Å². The maximum Gasteiger partial charge on any atom is 0.407 e. The molecule has 7 nitrogen and oxygen atoms in total. The Balaban J connectivity index is 0. The molecule has 156 valence electrons. The van der Waals surface area contributed by atoms with E-state index < -0.39 is 11.7 Å². The van der Waals surface area contributed by atoms with E-state index in [2.05, 4.69) is 53.8 Å². The monoisotopic (exact) mass is 485 g/mol. The number of halogens is 1. The normalized spacial score (nSPS) is 13.2. The zero-order chi connectivity index (χ0) is 19.5. The van der Waals surface area contributed by atoms with E-state index in [1.807, 2.05) is 20.8 Å². The lowest BCUT2D eigenvalue weighted by molar-refractivity contribution is 0.0529. The van der Waals surface area contributed by atoms with Gasteiger partial charge in [-0.25, -0.2) is 4.79 Å². The molecule has 0 aromatic rings. The average Bonchev–Trinajstić information content (AvgIpc) is 2.51. The standard InChI is InChI=1S/C18H39N5O2.HI/c1-9-14(10-2)15(23(7)8)13-22-16(19-6)20-11-12-21-17(24)25-18(3,4)5;/h14-15H,9-13H2,1-8H3,(H,21,24)(H2,19,20,22);1H. The zero-order valence-electron chi connectivity index (χ0n) is 17.8. The quantitative estimate of drug-likeness (QED) is 0.203. The lowest BCUT2D eigenvalue weighted by Gasteiger charge is -2.32. The van der Waals surface area contributed by atoms with Gasteiger partial charge in [-0.1, -0.05) is 26.7 Å². The maximum atomic E-state index is 11.6. The van der Waals surface area contributed by atoms with Crippen molar-refractivity contribution in [2.45, 2.75) is 59.1 Å². The van der Waals surface area contributed by atoms with Gasteiger partial charge in [0.25, 0.3) is 0 Å². The first-order valence-electron chi connectivity index (χ1n) is 9.22. The highest BCUT2D eigenvalue weighted by Gasteiger charge is 2.20. The highest BCUT2D eigenvalue weighted by atomic mass is 127. The lowest BCUT2D eigenvalue weighted by Crippen LogP contribution is -2.49. The second-order valence-electron chi connectivity index (χ2n) is 7.42. The highest BCUT2D eigenvalue weighted by Crippen LogP contribution is 2.16. The molecule has 0 aliphatic rings. The SMILES string of the molecule is CCC(CC)C(CNC(=NC)NCCNC(=O)OC(C)(C)C)N(C)C.I. The van der Waals surface area contributed by atoms with E-state index >= 15 is 0 Å². The van der Waals surface area contributed by atoms with Gasteiger partial charge >= 0.3 is 6.09 Å². The van der Waals surface area contributed by atoms with Crippen LogP contribution in [0.5, 0.6) is 0 Å². The predicted octanol–water partition coefficient (Wildman–Crippen LogP) is 2.66. The molecule has 0 aliphatic carbocycles. The Hall–Kier alpha value is -0.770. The number of hydrogen-bond donors (Lipinski definition) is 3. The molecule has 0 saturated carbocycles. The van der Waals surface area contributed by atoms with E-state index in [1.165, 1.54) is 0 Å². The number of ether oxygens (including phenoxy) is 1. The van der Waals surface area contributed by atoms with Gasteiger partial charge in [-0.05, 0) is 40.8 Å². The van der Waals surface area contributed by atoms with Crippen molar-refractivity contribution in [2.75, 3.05) is 40.8 Å². The highest BCUT2D eigenvalue weighted by molar-refractivity contribution is 14.0. The molecule has 0 radical (unpaired) electrons. The maximum absolute atomic E-state index is 11.6. The molecule has 0 saturated heterocycles. The van der Waals surface area contributed by atoms with Gasteiger partial charge < -0.3 is 25.6 Å². The van der Waals surface area contributed by atoms with Gasteiger partial charge in [0.05, 0.1) is 0 Å². The number of alkyl carbamates (subject to hydrolysis) is 1. The molecule has 1 unspecified atom stereocenters. The summed E-state index contributed by atoms with van der Waals surface area (Å²) in [6.07, 6.45) is 1.92. The summed E-state index contributed by atoms with van der Waals surface area (Å²) in [6.45, 7) is 11.9. The van der Waals surface area contributed by atoms with Gasteiger partial charge in [0.1, 0.15) is 5.60 Å². The molecular weight excluding hydrogens is 445 g/mol. The Bertz CT molecular complexity index is 407. The number of carbonyl (C=O) groups excluding carboxylic acids is 1. The van der Waals surface area contributed by atoms with Crippen LogP contribution in [-0.2, 0) is 4.74 Å². The van der Waals surface area contributed by atoms with Crippen molar-refractivity contribution >= 4 is 36.0 Å². The van der Waals surface area contributed by atoms with Gasteiger partial charge in [-0.3, -0.25) is 4.99 Å². The topological polar surface area (TPSA) is 78.0 Å². The number of hydrogen-bond acceptors (Lipinski definition) is 4. The summed E-state index contributed by atoms with van der Waals surface area (Å²) >= 11 is 0. The minimum atomic E-state index is -0.481. The van der Waals surface area contributed by atoms with Gasteiger partial charge in [-0.15, -0.1) is 24.0 Å². The van der Waals surface area contributed by atoms with E-state index in [4.69, 9.17) is 4.74 Å². The molecule has 0 aromatic heterocycles. The number of likely N-dealkylation sites (N-methyl/N-ethyl adjacent to an activating group) is 1. The molecule has 1 amide bonds. The molecule has 0 spiro atoms. The molecular formula is C18H40IN5O2. The summed E-state index contributed by atoms with van der Waals surface area (Å²) in [7, 11) is 5.98. The number of carbonyl (C=O) groups is 1. The first kappa shape index (κ1) is 27.4. The first-order chi connectivity index (χ1) is 11.6. The molecule has 0 heterocycles. The van der Waals surface area contributed by atoms with E-state index in [0.29, 0.717) is 25.0 Å². The molecule has 26 heavy (non-hydrogen) atoms. The number of nitrogens with one attached hydrogen (secondary N) is 3. The Morgan fingerprint density at radius 2 is 1.62 bits per heavy atom. The molecule has 0 aromatic carbocycles. The summed E-state index contributed by atoms with van der Waals surface area (Å²) in [5.41, 5.74) is -0.481. The second kappa shape index (κ2) is 14.3. The summed E-state index contributed by atoms with van der Waals surface area (Å²) < 4.78 is 5.20. The number of guanidine groups is 1. The van der Waals surface area contributed by atoms with Crippen molar-refractivity contribution in [3.8, 4) is 0 Å². The minimum Gasteiger partial charge on any atom is -0.444 e. The molecule has 0 bridgehead atoms. The molecule has 0 fully saturated rings. The van der Waals surface area contributed by atoms with E-state index in [9.17, 15) is 4.79 Å². The summed E-state index contributed by atoms with van der Waals surface area (Å²) in [5.74, 6) is 1.39. The van der Waals surface area contributed by atoms with Gasteiger partial charge in [0.2, 0.25) is 0 Å². The third kappa shape index (κ3) is 12.6. The molecule has 0 aliphatic heterocycles. The van der Waals surface area contributed by atoms with Crippen molar-refractivity contribution < 1.29 is 9.53 Å². The second-order valence-corrected chi connectivity index (χ2v) is 7.42. The number of rotatable bonds is 9. The fourth-order valence-corrected chi connectivity index (χ4v) is 2.69. The van der Waals surface area contributed by atoms with E-state index in [1.54, 1.807) is 7.05 Å². The fraction of sp³-hybridized carbons (Fsp3) is 0.889. The summed E-state index contributed by atoms with van der Waals surface area (Å²) in [6, 6.07) is 0.452. The van der Waals surface area contributed by atoms with Crippen LogP contribution in [0.25, 0.3) is 0 Å². The fourth-order valence-electron chi connectivity index (χ4n) is 2.69. The Kier molecular flexibility index (Phi) is 15.1. The molecule has 3 N–H and O–H groups in total. The lowest BCUT2D eigenvalue weighted by atomic mass is 9.93. The first-order valence-corrected chi connectivity index (χ1v) is 9.22. The van der Waals surface area contributed by atoms with Crippen LogP contribution in [0.4, 0.5) is 4.79 Å². The Morgan fingerprint density at radius 1 is 1.08 bits per heavy atom. The van der Waals surface area contributed by atoms with Crippen molar-refractivity contribution in [1.82, 2.24) is 20.9 Å². The smallest absolute Gasteiger partial charge is 0.407 e. The average molecular weight is 485 g/mol. The van der Waals surface area contributed by atoms with Crippen molar-refractivity contribution in [3.05, 3.63) is 0 Å². The predicted molar refractivity (Wildman–Crippen MR) is 121 cm³/mol. The third-order valence-corrected chi connectivity index (χ3v) is 4.04. The van der Waals surface area contributed by atoms with Crippen LogP contribution < -0.4 is 16.0 Å². The third-order valence-electron chi connectivity index (χ3n) is 4.04. The number of nitrogens with zero attached hydrogens (tertiary/aromatic N) is 2. The van der Waals surface area contributed by atoms with Crippen molar-refractivity contribution in [2.24, 2.45) is 10.9 Å². The summed E-state index contributed by atoms with van der Waals surface area (Å²) in [4.78, 5) is 18.1. The largest absolute Gasteiger partial charge is 0.444 e. The van der Waals surface area contributed by atoms with Crippen LogP contribution in [-0.4, -0.2) is 69.4 Å². The van der Waals surface area contributed by atoms with Crippen LogP contribution in [0.15, 0.2) is 4.99 Å².